The van der Waals surface area contributed by atoms with Crippen LogP contribution < -0.4 is 5.73 Å². The van der Waals surface area contributed by atoms with E-state index in [4.69, 9.17) is 40.5 Å². The molecule has 2 rings (SSSR count). The van der Waals surface area contributed by atoms with E-state index in [1.165, 1.54) is 0 Å². The third-order valence-corrected chi connectivity index (χ3v) is 3.65. The van der Waals surface area contributed by atoms with Crippen LogP contribution in [0.1, 0.15) is 24.2 Å². The van der Waals surface area contributed by atoms with Gasteiger partial charge in [0.15, 0.2) is 0 Å². The highest BCUT2D eigenvalue weighted by molar-refractivity contribution is 6.47. The van der Waals surface area contributed by atoms with Gasteiger partial charge in [0.05, 0.1) is 20.6 Å². The van der Waals surface area contributed by atoms with Crippen molar-refractivity contribution in [3.8, 4) is 0 Å². The van der Waals surface area contributed by atoms with Gasteiger partial charge in [-0.25, -0.2) is 0 Å². The molecule has 1 aromatic heterocycles. The normalized spacial score (nSPS) is 13.1. The quantitative estimate of drug-likeness (QED) is 0.784. The predicted molar refractivity (Wildman–Crippen MR) is 74.1 cm³/mol. The number of pyridine rings is 1. The lowest BCUT2D eigenvalue weighted by Crippen LogP contribution is -2.07. The molecule has 0 bridgehead atoms. The molecule has 2 N–H and O–H groups in total. The van der Waals surface area contributed by atoms with Crippen molar-refractivity contribution in [1.82, 2.24) is 4.98 Å². The number of benzene rings is 1. The lowest BCUT2D eigenvalue weighted by atomic mass is 10.0. The number of nitrogens with zero attached hydrogens (tertiary/aromatic N) is 1. The molecule has 0 radical (unpaired) electrons. The molecule has 1 unspecified atom stereocenters. The van der Waals surface area contributed by atoms with Crippen molar-refractivity contribution in [3.63, 3.8) is 0 Å². The molecule has 1 atom stereocenters. The zero-order valence-electron chi connectivity index (χ0n) is 9.39. The zero-order chi connectivity index (χ0) is 12.7. The molecule has 2 aromatic rings. The second-order valence-electron chi connectivity index (χ2n) is 4.02. The number of hydrogen-bond donors (Lipinski definition) is 1. The first kappa shape index (κ1) is 12.9. The third kappa shape index (κ3) is 2.23. The Bertz CT molecular complexity index is 594. The van der Waals surface area contributed by atoms with Crippen LogP contribution in [0.2, 0.25) is 15.1 Å². The van der Waals surface area contributed by atoms with Gasteiger partial charge in [-0.05, 0) is 31.5 Å². The molecule has 1 heterocycles. The van der Waals surface area contributed by atoms with Gasteiger partial charge in [0.2, 0.25) is 0 Å². The Morgan fingerprint density at radius 1 is 1.18 bits per heavy atom. The van der Waals surface area contributed by atoms with Gasteiger partial charge in [0.25, 0.3) is 0 Å². The Kier molecular flexibility index (Phi) is 3.50. The molecule has 5 heteroatoms. The topological polar surface area (TPSA) is 38.9 Å². The van der Waals surface area contributed by atoms with E-state index in [-0.39, 0.29) is 6.04 Å². The summed E-state index contributed by atoms with van der Waals surface area (Å²) in [6, 6.07) is 3.35. The molecule has 0 aliphatic heterocycles. The van der Waals surface area contributed by atoms with E-state index in [2.05, 4.69) is 4.98 Å². The van der Waals surface area contributed by atoms with Crippen molar-refractivity contribution in [2.24, 2.45) is 5.73 Å². The van der Waals surface area contributed by atoms with Crippen molar-refractivity contribution in [1.29, 1.82) is 0 Å². The Morgan fingerprint density at radius 3 is 2.41 bits per heavy atom. The summed E-state index contributed by atoms with van der Waals surface area (Å²) in [5.41, 5.74) is 8.35. The first-order valence-electron chi connectivity index (χ1n) is 5.12. The molecule has 0 aliphatic rings. The van der Waals surface area contributed by atoms with Crippen LogP contribution in [0.5, 0.6) is 0 Å². The molecule has 0 saturated carbocycles. The van der Waals surface area contributed by atoms with Crippen molar-refractivity contribution in [3.05, 3.63) is 38.5 Å². The van der Waals surface area contributed by atoms with Crippen LogP contribution in [0.4, 0.5) is 0 Å². The maximum absolute atomic E-state index is 6.21. The van der Waals surface area contributed by atoms with Crippen LogP contribution in [-0.4, -0.2) is 4.98 Å². The average molecular weight is 290 g/mol. The fourth-order valence-electron chi connectivity index (χ4n) is 1.82. The highest BCUT2D eigenvalue weighted by Gasteiger charge is 2.16. The number of aromatic nitrogens is 1. The number of fused-ring (bicyclic) bond motifs is 1. The zero-order valence-corrected chi connectivity index (χ0v) is 11.7. The molecule has 17 heavy (non-hydrogen) atoms. The van der Waals surface area contributed by atoms with Crippen LogP contribution in [-0.2, 0) is 0 Å². The first-order chi connectivity index (χ1) is 7.91. The SMILES string of the molecule is Cc1cc(C(C)N)c2c(Cl)c(Cl)cc(Cl)c2n1. The molecule has 0 aliphatic carbocycles. The summed E-state index contributed by atoms with van der Waals surface area (Å²) in [7, 11) is 0. The fraction of sp³-hybridized carbons (Fsp3) is 0.250. The van der Waals surface area contributed by atoms with Crippen molar-refractivity contribution >= 4 is 45.7 Å². The Hall–Kier alpha value is -0.540. The van der Waals surface area contributed by atoms with Crippen LogP contribution in [0, 0.1) is 6.92 Å². The summed E-state index contributed by atoms with van der Waals surface area (Å²) in [4.78, 5) is 4.39. The second kappa shape index (κ2) is 4.62. The number of aryl methyl sites for hydroxylation is 1. The third-order valence-electron chi connectivity index (χ3n) is 2.58. The van der Waals surface area contributed by atoms with E-state index in [1.807, 2.05) is 19.9 Å². The fourth-order valence-corrected chi connectivity index (χ4v) is 2.58. The van der Waals surface area contributed by atoms with Crippen LogP contribution in [0.3, 0.4) is 0 Å². The highest BCUT2D eigenvalue weighted by Crippen LogP contribution is 2.38. The number of nitrogens with two attached hydrogens (primary N) is 1. The average Bonchev–Trinajstić information content (AvgIpc) is 2.25. The lowest BCUT2D eigenvalue weighted by molar-refractivity contribution is 0.823. The molecule has 90 valence electrons. The van der Waals surface area contributed by atoms with E-state index >= 15 is 0 Å². The summed E-state index contributed by atoms with van der Waals surface area (Å²) < 4.78 is 0. The minimum absolute atomic E-state index is 0.161. The van der Waals surface area contributed by atoms with E-state index in [0.29, 0.717) is 20.6 Å². The van der Waals surface area contributed by atoms with E-state index in [0.717, 1.165) is 16.6 Å². The van der Waals surface area contributed by atoms with Crippen molar-refractivity contribution in [2.75, 3.05) is 0 Å². The van der Waals surface area contributed by atoms with E-state index < -0.39 is 0 Å². The molecule has 1 aromatic carbocycles. The van der Waals surface area contributed by atoms with Gasteiger partial charge in [-0.3, -0.25) is 4.98 Å². The molecular weight excluding hydrogens is 279 g/mol. The monoisotopic (exact) mass is 288 g/mol. The smallest absolute Gasteiger partial charge is 0.0910 e. The minimum atomic E-state index is -0.161. The second-order valence-corrected chi connectivity index (χ2v) is 5.21. The standard InChI is InChI=1S/C12H11Cl3N2/c1-5-3-7(6(2)16)10-11(15)8(13)4-9(14)12(10)17-5/h3-4,6H,16H2,1-2H3. The van der Waals surface area contributed by atoms with Crippen LogP contribution in [0.25, 0.3) is 10.9 Å². The maximum atomic E-state index is 6.21. The van der Waals surface area contributed by atoms with E-state index in [1.54, 1.807) is 6.07 Å². The first-order valence-corrected chi connectivity index (χ1v) is 6.25. The Labute approximate surface area is 115 Å². The van der Waals surface area contributed by atoms with Gasteiger partial charge in [-0.15, -0.1) is 0 Å². The van der Waals surface area contributed by atoms with Gasteiger partial charge in [0, 0.05) is 17.1 Å². The van der Waals surface area contributed by atoms with Gasteiger partial charge >= 0.3 is 0 Å². The molecule has 0 saturated heterocycles. The molecule has 0 fully saturated rings. The lowest BCUT2D eigenvalue weighted by Gasteiger charge is -2.14. The van der Waals surface area contributed by atoms with Gasteiger partial charge < -0.3 is 5.73 Å². The number of rotatable bonds is 1. The molecular formula is C12H11Cl3N2. The van der Waals surface area contributed by atoms with Crippen LogP contribution in [0.15, 0.2) is 12.1 Å². The van der Waals surface area contributed by atoms with Crippen molar-refractivity contribution in [2.45, 2.75) is 19.9 Å². The van der Waals surface area contributed by atoms with Gasteiger partial charge in [-0.1, -0.05) is 34.8 Å². The highest BCUT2D eigenvalue weighted by atomic mass is 35.5. The predicted octanol–water partition coefficient (Wildman–Crippen LogP) is 4.52. The summed E-state index contributed by atoms with van der Waals surface area (Å²) in [6.45, 7) is 3.78. The Morgan fingerprint density at radius 2 is 1.82 bits per heavy atom. The molecule has 2 nitrogen and oxygen atoms in total. The molecule has 0 spiro atoms. The minimum Gasteiger partial charge on any atom is -0.324 e. The van der Waals surface area contributed by atoms with Crippen molar-refractivity contribution < 1.29 is 0 Å². The van der Waals surface area contributed by atoms with E-state index in [9.17, 15) is 0 Å². The summed E-state index contributed by atoms with van der Waals surface area (Å²) in [5.74, 6) is 0. The van der Waals surface area contributed by atoms with Crippen LogP contribution >= 0.6 is 34.8 Å². The summed E-state index contributed by atoms with van der Waals surface area (Å²) in [6.07, 6.45) is 0. The summed E-state index contributed by atoms with van der Waals surface area (Å²) in [5, 5.41) is 2.09. The number of hydrogen-bond acceptors (Lipinski definition) is 2. The Balaban J connectivity index is 2.99. The maximum Gasteiger partial charge on any atom is 0.0910 e. The van der Waals surface area contributed by atoms with Gasteiger partial charge in [0.1, 0.15) is 0 Å². The van der Waals surface area contributed by atoms with Gasteiger partial charge in [-0.2, -0.15) is 0 Å². The number of halogens is 3. The molecule has 0 amide bonds. The summed E-state index contributed by atoms with van der Waals surface area (Å²) >= 11 is 18.4. The largest absolute Gasteiger partial charge is 0.324 e.